The Bertz CT molecular complexity index is 1090. The molecule has 0 saturated carbocycles. The molecular formula is C20H22N6O4. The van der Waals surface area contributed by atoms with E-state index >= 15 is 0 Å². The summed E-state index contributed by atoms with van der Waals surface area (Å²) in [6, 6.07) is 8.66. The second-order valence-corrected chi connectivity index (χ2v) is 7.59. The SMILES string of the molecule is CC(=O)Nc1ccc(Nc2cc(N3CCCC(C)C3)c3nonc3c2[N+](=O)[O-])cc1. The normalized spacial score (nSPS) is 16.5. The topological polar surface area (TPSA) is 126 Å². The first-order chi connectivity index (χ1) is 14.4. The maximum atomic E-state index is 11.8. The fraction of sp³-hybridized carbons (Fsp3) is 0.350. The summed E-state index contributed by atoms with van der Waals surface area (Å²) in [5, 5.41) is 25.4. The van der Waals surface area contributed by atoms with Gasteiger partial charge in [-0.2, -0.15) is 0 Å². The fourth-order valence-electron chi connectivity index (χ4n) is 3.84. The van der Waals surface area contributed by atoms with Gasteiger partial charge in [0.15, 0.2) is 5.52 Å². The van der Waals surface area contributed by atoms with E-state index in [-0.39, 0.29) is 17.1 Å². The van der Waals surface area contributed by atoms with Crippen molar-refractivity contribution in [3.8, 4) is 0 Å². The van der Waals surface area contributed by atoms with Gasteiger partial charge >= 0.3 is 5.69 Å². The van der Waals surface area contributed by atoms with Crippen molar-refractivity contribution in [1.82, 2.24) is 10.3 Å². The first kappa shape index (κ1) is 19.6. The molecule has 1 atom stereocenters. The molecule has 156 valence electrons. The second-order valence-electron chi connectivity index (χ2n) is 7.59. The summed E-state index contributed by atoms with van der Waals surface area (Å²) in [5.74, 6) is 0.345. The van der Waals surface area contributed by atoms with Crippen LogP contribution in [0.25, 0.3) is 11.0 Å². The highest BCUT2D eigenvalue weighted by Crippen LogP contribution is 2.40. The van der Waals surface area contributed by atoms with Crippen molar-refractivity contribution in [3.05, 3.63) is 40.4 Å². The van der Waals surface area contributed by atoms with Gasteiger partial charge in [-0.25, -0.2) is 4.63 Å². The number of nitrogens with zero attached hydrogens (tertiary/aromatic N) is 4. The van der Waals surface area contributed by atoms with Gasteiger partial charge in [0.2, 0.25) is 11.4 Å². The number of nitrogens with one attached hydrogen (secondary N) is 2. The number of carbonyl (C=O) groups is 1. The zero-order valence-electron chi connectivity index (χ0n) is 16.7. The Morgan fingerprint density at radius 1 is 1.23 bits per heavy atom. The number of rotatable bonds is 5. The maximum Gasteiger partial charge on any atom is 0.324 e. The Kier molecular flexibility index (Phi) is 5.21. The van der Waals surface area contributed by atoms with Crippen LogP contribution in [-0.2, 0) is 4.79 Å². The molecule has 1 fully saturated rings. The summed E-state index contributed by atoms with van der Waals surface area (Å²) in [6.07, 6.45) is 2.19. The van der Waals surface area contributed by atoms with Crippen LogP contribution < -0.4 is 15.5 Å². The molecule has 2 heterocycles. The molecule has 1 amide bonds. The minimum absolute atomic E-state index is 0.119. The number of anilines is 4. The van der Waals surface area contributed by atoms with E-state index in [1.807, 2.05) is 0 Å². The minimum atomic E-state index is -0.483. The van der Waals surface area contributed by atoms with Crippen LogP contribution >= 0.6 is 0 Å². The maximum absolute atomic E-state index is 11.8. The average Bonchev–Trinajstić information content (AvgIpc) is 3.17. The van der Waals surface area contributed by atoms with Crippen LogP contribution in [-0.4, -0.2) is 34.2 Å². The van der Waals surface area contributed by atoms with Gasteiger partial charge in [0, 0.05) is 31.4 Å². The van der Waals surface area contributed by atoms with Gasteiger partial charge in [-0.3, -0.25) is 14.9 Å². The Morgan fingerprint density at radius 2 is 1.93 bits per heavy atom. The van der Waals surface area contributed by atoms with Gasteiger partial charge in [0.1, 0.15) is 5.69 Å². The summed E-state index contributed by atoms with van der Waals surface area (Å²) in [7, 11) is 0. The minimum Gasteiger partial charge on any atom is -0.369 e. The number of hydrogen-bond donors (Lipinski definition) is 2. The van der Waals surface area contributed by atoms with Crippen molar-refractivity contribution in [2.24, 2.45) is 5.92 Å². The lowest BCUT2D eigenvalue weighted by Gasteiger charge is -2.32. The molecule has 10 nitrogen and oxygen atoms in total. The lowest BCUT2D eigenvalue weighted by molar-refractivity contribution is -0.382. The highest BCUT2D eigenvalue weighted by atomic mass is 16.6. The van der Waals surface area contributed by atoms with Crippen molar-refractivity contribution in [2.45, 2.75) is 26.7 Å². The Balaban J connectivity index is 1.75. The van der Waals surface area contributed by atoms with Crippen molar-refractivity contribution >= 4 is 45.4 Å². The lowest BCUT2D eigenvalue weighted by atomic mass is 9.99. The number of carbonyl (C=O) groups excluding carboxylic acids is 1. The summed E-state index contributed by atoms with van der Waals surface area (Å²) in [4.78, 5) is 24.7. The van der Waals surface area contributed by atoms with Crippen LogP contribution in [0, 0.1) is 16.0 Å². The summed E-state index contributed by atoms with van der Waals surface area (Å²) < 4.78 is 4.87. The molecule has 1 aromatic heterocycles. The van der Waals surface area contributed by atoms with Crippen molar-refractivity contribution in [1.29, 1.82) is 0 Å². The number of amides is 1. The molecule has 0 spiro atoms. The first-order valence-electron chi connectivity index (χ1n) is 9.75. The summed E-state index contributed by atoms with van der Waals surface area (Å²) in [6.45, 7) is 5.30. The number of nitro groups is 1. The van der Waals surface area contributed by atoms with E-state index in [0.29, 0.717) is 28.5 Å². The predicted molar refractivity (Wildman–Crippen MR) is 113 cm³/mol. The van der Waals surface area contributed by atoms with Crippen LogP contribution in [0.2, 0.25) is 0 Å². The van der Waals surface area contributed by atoms with Crippen molar-refractivity contribution < 1.29 is 14.3 Å². The molecule has 0 bridgehead atoms. The highest BCUT2D eigenvalue weighted by Gasteiger charge is 2.29. The van der Waals surface area contributed by atoms with Gasteiger partial charge in [-0.1, -0.05) is 6.92 Å². The zero-order valence-corrected chi connectivity index (χ0v) is 16.7. The van der Waals surface area contributed by atoms with Gasteiger partial charge in [-0.05, 0) is 59.4 Å². The third-order valence-corrected chi connectivity index (χ3v) is 5.16. The molecule has 1 saturated heterocycles. The van der Waals surface area contributed by atoms with Crippen molar-refractivity contribution in [3.63, 3.8) is 0 Å². The summed E-state index contributed by atoms with van der Waals surface area (Å²) in [5.41, 5.74) is 2.67. The van der Waals surface area contributed by atoms with E-state index in [1.165, 1.54) is 6.92 Å². The molecule has 1 unspecified atom stereocenters. The third-order valence-electron chi connectivity index (χ3n) is 5.16. The average molecular weight is 410 g/mol. The third kappa shape index (κ3) is 3.88. The Hall–Kier alpha value is -3.69. The largest absolute Gasteiger partial charge is 0.369 e. The molecule has 2 N–H and O–H groups in total. The van der Waals surface area contributed by atoms with Gasteiger partial charge in [0.05, 0.1) is 10.6 Å². The molecule has 4 rings (SSSR count). The van der Waals surface area contributed by atoms with Crippen LogP contribution in [0.4, 0.5) is 28.4 Å². The summed E-state index contributed by atoms with van der Waals surface area (Å²) >= 11 is 0. The van der Waals surface area contributed by atoms with Crippen LogP contribution in [0.5, 0.6) is 0 Å². The highest BCUT2D eigenvalue weighted by molar-refractivity contribution is 6.00. The lowest BCUT2D eigenvalue weighted by Crippen LogP contribution is -2.34. The molecule has 0 radical (unpaired) electrons. The second kappa shape index (κ2) is 7.97. The molecule has 1 aliphatic heterocycles. The monoisotopic (exact) mass is 410 g/mol. The molecule has 10 heteroatoms. The van der Waals surface area contributed by atoms with E-state index in [2.05, 4.69) is 32.8 Å². The standard InChI is InChI=1S/C20H22N6O4/c1-12-4-3-9-25(11-12)17-10-16(20(26(28)29)19-18(17)23-30-24-19)22-15-7-5-14(6-8-15)21-13(2)27/h5-8,10,12,22H,3-4,9,11H2,1-2H3,(H,21,27). The quantitative estimate of drug-likeness (QED) is 0.476. The van der Waals surface area contributed by atoms with E-state index in [9.17, 15) is 14.9 Å². The zero-order chi connectivity index (χ0) is 21.3. The number of piperidine rings is 1. The molecular weight excluding hydrogens is 388 g/mol. The molecule has 2 aromatic carbocycles. The van der Waals surface area contributed by atoms with E-state index in [1.54, 1.807) is 30.3 Å². The number of nitro benzene ring substituents is 1. The van der Waals surface area contributed by atoms with E-state index in [0.717, 1.165) is 31.6 Å². The smallest absolute Gasteiger partial charge is 0.324 e. The Morgan fingerprint density at radius 3 is 2.60 bits per heavy atom. The molecule has 1 aliphatic rings. The predicted octanol–water partition coefficient (Wildman–Crippen LogP) is 4.07. The van der Waals surface area contributed by atoms with Crippen molar-refractivity contribution in [2.75, 3.05) is 28.6 Å². The molecule has 0 aliphatic carbocycles. The van der Waals surface area contributed by atoms with Gasteiger partial charge in [0.25, 0.3) is 0 Å². The number of fused-ring (bicyclic) bond motifs is 1. The first-order valence-corrected chi connectivity index (χ1v) is 9.75. The van der Waals surface area contributed by atoms with Gasteiger partial charge in [-0.15, -0.1) is 0 Å². The van der Waals surface area contributed by atoms with Crippen LogP contribution in [0.3, 0.4) is 0 Å². The van der Waals surface area contributed by atoms with Gasteiger partial charge < -0.3 is 15.5 Å². The van der Waals surface area contributed by atoms with Crippen LogP contribution in [0.15, 0.2) is 35.0 Å². The molecule has 3 aromatic rings. The number of benzene rings is 2. The fourth-order valence-corrected chi connectivity index (χ4v) is 3.84. The molecule has 30 heavy (non-hydrogen) atoms. The van der Waals surface area contributed by atoms with E-state index < -0.39 is 4.92 Å². The number of aromatic nitrogens is 2. The Labute approximate surface area is 172 Å². The van der Waals surface area contributed by atoms with Crippen LogP contribution in [0.1, 0.15) is 26.7 Å². The number of hydrogen-bond acceptors (Lipinski definition) is 8. The van der Waals surface area contributed by atoms with E-state index in [4.69, 9.17) is 4.63 Å².